The number of rotatable bonds is 6. The van der Waals surface area contributed by atoms with Gasteiger partial charge >= 0.3 is 0 Å². The van der Waals surface area contributed by atoms with Gasteiger partial charge in [-0.1, -0.05) is 42.0 Å². The second-order valence-electron chi connectivity index (χ2n) is 6.24. The van der Waals surface area contributed by atoms with Gasteiger partial charge in [0.15, 0.2) is 0 Å². The lowest BCUT2D eigenvalue weighted by Gasteiger charge is -2.36. The van der Waals surface area contributed by atoms with Gasteiger partial charge in [0.1, 0.15) is 12.4 Å². The minimum absolute atomic E-state index is 0.223. The average molecular weight is 324 g/mol. The fourth-order valence-electron chi connectivity index (χ4n) is 2.85. The number of likely N-dealkylation sites (tertiary alicyclic amines) is 1. The van der Waals surface area contributed by atoms with Gasteiger partial charge < -0.3 is 4.74 Å². The molecule has 2 aromatic carbocycles. The molecule has 1 saturated heterocycles. The average Bonchev–Trinajstić information content (AvgIpc) is 2.56. The number of nitrogens with zero attached hydrogens (tertiary/aromatic N) is 2. The summed E-state index contributed by atoms with van der Waals surface area (Å²) in [5.41, 5.74) is 3.53. The maximum absolute atomic E-state index is 11.1. The predicted octanol–water partition coefficient (Wildman–Crippen LogP) is 3.30. The van der Waals surface area contributed by atoms with Crippen LogP contribution in [0.4, 0.5) is 0 Å². The van der Waals surface area contributed by atoms with E-state index in [9.17, 15) is 9.70 Å². The molecule has 124 valence electrons. The largest absolute Gasteiger partial charge is 0.489 e. The molecule has 0 unspecified atom stereocenters. The van der Waals surface area contributed by atoms with Crippen LogP contribution in [0, 0.1) is 17.7 Å². The molecule has 0 bridgehead atoms. The Kier molecular flexibility index (Phi) is 5.01. The number of aryl methyl sites for hydroxylation is 1. The van der Waals surface area contributed by atoms with Crippen molar-refractivity contribution < 1.29 is 9.53 Å². The highest BCUT2D eigenvalue weighted by molar-refractivity contribution is 5.80. The minimum Gasteiger partial charge on any atom is -0.489 e. The summed E-state index contributed by atoms with van der Waals surface area (Å²) >= 11 is 0. The van der Waals surface area contributed by atoms with Crippen molar-refractivity contribution in [2.45, 2.75) is 20.1 Å². The predicted molar refractivity (Wildman–Crippen MR) is 91.5 cm³/mol. The Balaban J connectivity index is 1.47. The molecule has 3 rings (SSSR count). The van der Waals surface area contributed by atoms with Crippen molar-refractivity contribution in [3.63, 3.8) is 0 Å². The number of benzene rings is 2. The van der Waals surface area contributed by atoms with Crippen molar-refractivity contribution in [2.75, 3.05) is 13.1 Å². The number of hydrogen-bond acceptors (Lipinski definition) is 4. The third-order valence-corrected chi connectivity index (χ3v) is 4.21. The zero-order valence-electron chi connectivity index (χ0n) is 13.6. The molecule has 0 radical (unpaired) electrons. The topological polar surface area (TPSA) is 59.0 Å². The molecule has 5 heteroatoms. The van der Waals surface area contributed by atoms with Gasteiger partial charge in [0, 0.05) is 24.8 Å². The Hall–Kier alpha value is -2.53. The van der Waals surface area contributed by atoms with E-state index in [4.69, 9.17) is 4.74 Å². The Morgan fingerprint density at radius 1 is 1.17 bits per heavy atom. The van der Waals surface area contributed by atoms with Crippen molar-refractivity contribution in [3.8, 4) is 5.75 Å². The molecule has 24 heavy (non-hydrogen) atoms. The smallest absolute Gasteiger partial charge is 0.291 e. The lowest BCUT2D eigenvalue weighted by atomic mass is 9.99. The van der Waals surface area contributed by atoms with E-state index in [0.717, 1.165) is 23.4 Å². The van der Waals surface area contributed by atoms with E-state index in [1.807, 2.05) is 30.3 Å². The lowest BCUT2D eigenvalue weighted by Crippen LogP contribution is -2.49. The highest BCUT2D eigenvalue weighted by Crippen LogP contribution is 2.21. The van der Waals surface area contributed by atoms with Gasteiger partial charge in [0.25, 0.3) is 5.91 Å². The fourth-order valence-corrected chi connectivity index (χ4v) is 2.85. The molecule has 1 heterocycles. The van der Waals surface area contributed by atoms with E-state index < -0.39 is 5.91 Å². The van der Waals surface area contributed by atoms with Crippen LogP contribution in [0.3, 0.4) is 0 Å². The first-order valence-corrected chi connectivity index (χ1v) is 8.01. The van der Waals surface area contributed by atoms with Crippen LogP contribution in [-0.4, -0.2) is 23.9 Å². The molecule has 0 atom stereocenters. The zero-order chi connectivity index (χ0) is 16.9. The summed E-state index contributed by atoms with van der Waals surface area (Å²) in [6.07, 6.45) is 0. The highest BCUT2D eigenvalue weighted by atomic mass is 16.5. The van der Waals surface area contributed by atoms with Crippen molar-refractivity contribution in [2.24, 2.45) is 11.1 Å². The number of carbonyl (C=O) groups is 1. The van der Waals surface area contributed by atoms with Crippen LogP contribution < -0.4 is 4.74 Å². The maximum atomic E-state index is 11.1. The lowest BCUT2D eigenvalue weighted by molar-refractivity contribution is -0.127. The second kappa shape index (κ2) is 7.36. The molecule has 1 aliphatic heterocycles. The number of amides is 1. The number of hydrogen-bond donors (Lipinski definition) is 0. The molecule has 0 aliphatic carbocycles. The molecular weight excluding hydrogens is 304 g/mol. The number of carbonyl (C=O) groups excluding carboxylic acids is 1. The van der Waals surface area contributed by atoms with Crippen LogP contribution >= 0.6 is 0 Å². The van der Waals surface area contributed by atoms with Gasteiger partial charge in [-0.3, -0.25) is 9.69 Å². The molecular formula is C19H20N2O3. The monoisotopic (exact) mass is 324 g/mol. The van der Waals surface area contributed by atoms with Crippen molar-refractivity contribution >= 4 is 5.91 Å². The van der Waals surface area contributed by atoms with E-state index in [0.29, 0.717) is 19.7 Å². The third-order valence-electron chi connectivity index (χ3n) is 4.21. The summed E-state index contributed by atoms with van der Waals surface area (Å²) in [6.45, 7) is 4.60. The summed E-state index contributed by atoms with van der Waals surface area (Å²) in [7, 11) is 0. The normalized spacial score (nSPS) is 14.9. The van der Waals surface area contributed by atoms with Gasteiger partial charge in [0.05, 0.1) is 5.92 Å². The van der Waals surface area contributed by atoms with Crippen LogP contribution in [0.2, 0.25) is 0 Å². The zero-order valence-corrected chi connectivity index (χ0v) is 13.6. The van der Waals surface area contributed by atoms with Crippen molar-refractivity contribution in [1.82, 2.24) is 4.90 Å². The minimum atomic E-state index is -0.536. The number of ether oxygens (including phenoxy) is 1. The summed E-state index contributed by atoms with van der Waals surface area (Å²) in [4.78, 5) is 23.4. The molecule has 2 aromatic rings. The van der Waals surface area contributed by atoms with Crippen LogP contribution in [-0.2, 0) is 17.9 Å². The van der Waals surface area contributed by atoms with Crippen LogP contribution in [0.15, 0.2) is 53.7 Å². The quantitative estimate of drug-likeness (QED) is 0.765. The maximum Gasteiger partial charge on any atom is 0.291 e. The first-order valence-electron chi connectivity index (χ1n) is 8.01. The Bertz CT molecular complexity index is 722. The Morgan fingerprint density at radius 3 is 2.58 bits per heavy atom. The van der Waals surface area contributed by atoms with E-state index in [1.54, 1.807) is 0 Å². The molecule has 0 saturated carbocycles. The summed E-state index contributed by atoms with van der Waals surface area (Å²) < 4.78 is 5.81. The van der Waals surface area contributed by atoms with E-state index >= 15 is 0 Å². The standard InChI is InChI=1S/C19H20N2O3/c1-14-3-2-4-16(9-14)13-24-18-7-5-15(6-8-18)10-21-11-17(12-21)19(22)20-23/h2-9,17H,10-13H2,1H3. The molecule has 1 fully saturated rings. The van der Waals surface area contributed by atoms with Crippen molar-refractivity contribution in [1.29, 1.82) is 0 Å². The van der Waals surface area contributed by atoms with E-state index in [1.165, 1.54) is 5.56 Å². The molecule has 0 spiro atoms. The van der Waals surface area contributed by atoms with Gasteiger partial charge in [0.2, 0.25) is 0 Å². The summed E-state index contributed by atoms with van der Waals surface area (Å²) in [5, 5.41) is 2.48. The molecule has 1 amide bonds. The van der Waals surface area contributed by atoms with E-state index in [2.05, 4.69) is 35.2 Å². The highest BCUT2D eigenvalue weighted by Gasteiger charge is 2.33. The van der Waals surface area contributed by atoms with Crippen LogP contribution in [0.5, 0.6) is 5.75 Å². The first kappa shape index (κ1) is 16.3. The van der Waals surface area contributed by atoms with Gasteiger partial charge in [-0.2, -0.15) is 0 Å². The molecule has 0 aromatic heterocycles. The molecule has 1 aliphatic rings. The molecule has 5 nitrogen and oxygen atoms in total. The number of nitroso groups, excluding NO2 is 1. The SMILES string of the molecule is Cc1cccc(COc2ccc(CN3CC(C(=O)N=O)C3)cc2)c1. The van der Waals surface area contributed by atoms with Gasteiger partial charge in [-0.25, -0.2) is 0 Å². The van der Waals surface area contributed by atoms with Gasteiger partial charge in [-0.15, -0.1) is 4.91 Å². The van der Waals surface area contributed by atoms with E-state index in [-0.39, 0.29) is 5.92 Å². The van der Waals surface area contributed by atoms with Crippen LogP contribution in [0.1, 0.15) is 16.7 Å². The summed E-state index contributed by atoms with van der Waals surface area (Å²) in [5.74, 6) is 0.0765. The van der Waals surface area contributed by atoms with Crippen molar-refractivity contribution in [3.05, 3.63) is 70.1 Å². The Labute approximate surface area is 141 Å². The fraction of sp³-hybridized carbons (Fsp3) is 0.316. The Morgan fingerprint density at radius 2 is 1.92 bits per heavy atom. The molecule has 0 N–H and O–H groups in total. The summed E-state index contributed by atoms with van der Waals surface area (Å²) in [6, 6.07) is 16.2. The van der Waals surface area contributed by atoms with Gasteiger partial charge in [-0.05, 0) is 30.2 Å². The van der Waals surface area contributed by atoms with Crippen LogP contribution in [0.25, 0.3) is 0 Å². The third kappa shape index (κ3) is 4.06. The first-order chi connectivity index (χ1) is 11.6. The second-order valence-corrected chi connectivity index (χ2v) is 6.24.